The highest BCUT2D eigenvalue weighted by Crippen LogP contribution is 2.27. The molecule has 1 N–H and O–H groups in total. The molecule has 1 aliphatic heterocycles. The Hall–Kier alpha value is -2.42. The zero-order chi connectivity index (χ0) is 23.1. The SMILES string of the molecule is Cc1ccc(S(=O)(=O)N(CC(=O)NCCCN2CCOCC2)c2ccc(C)cc2C)cc1. The van der Waals surface area contributed by atoms with E-state index >= 15 is 0 Å². The number of nitrogens with one attached hydrogen (secondary N) is 1. The van der Waals surface area contributed by atoms with Gasteiger partial charge in [-0.05, 0) is 57.5 Å². The van der Waals surface area contributed by atoms with Crippen LogP contribution in [0.5, 0.6) is 0 Å². The zero-order valence-corrected chi connectivity index (χ0v) is 20.0. The van der Waals surface area contributed by atoms with E-state index in [0.29, 0.717) is 12.2 Å². The maximum Gasteiger partial charge on any atom is 0.264 e. The molecule has 32 heavy (non-hydrogen) atoms. The highest BCUT2D eigenvalue weighted by Gasteiger charge is 2.28. The van der Waals surface area contributed by atoms with Crippen molar-refractivity contribution in [3.05, 3.63) is 59.2 Å². The number of benzene rings is 2. The number of hydrogen-bond acceptors (Lipinski definition) is 5. The highest BCUT2D eigenvalue weighted by atomic mass is 32.2. The number of sulfonamides is 1. The molecule has 2 aromatic carbocycles. The van der Waals surface area contributed by atoms with Gasteiger partial charge in [0.15, 0.2) is 0 Å². The molecular weight excluding hydrogens is 426 g/mol. The molecule has 0 unspecified atom stereocenters. The minimum Gasteiger partial charge on any atom is -0.379 e. The lowest BCUT2D eigenvalue weighted by molar-refractivity contribution is -0.119. The molecule has 0 bridgehead atoms. The van der Waals surface area contributed by atoms with Gasteiger partial charge in [-0.2, -0.15) is 0 Å². The van der Waals surface area contributed by atoms with Crippen molar-refractivity contribution in [1.82, 2.24) is 10.2 Å². The summed E-state index contributed by atoms with van der Waals surface area (Å²) in [6.45, 7) is 10.1. The second-order valence-electron chi connectivity index (χ2n) is 8.27. The summed E-state index contributed by atoms with van der Waals surface area (Å²) in [5, 5.41) is 2.88. The summed E-state index contributed by atoms with van der Waals surface area (Å²) in [5.41, 5.74) is 3.33. The van der Waals surface area contributed by atoms with E-state index in [9.17, 15) is 13.2 Å². The Bertz CT molecular complexity index is 1020. The van der Waals surface area contributed by atoms with E-state index in [2.05, 4.69) is 10.2 Å². The van der Waals surface area contributed by atoms with Gasteiger partial charge in [0.25, 0.3) is 10.0 Å². The largest absolute Gasteiger partial charge is 0.379 e. The third kappa shape index (κ3) is 6.31. The minimum absolute atomic E-state index is 0.170. The van der Waals surface area contributed by atoms with E-state index < -0.39 is 10.0 Å². The van der Waals surface area contributed by atoms with Crippen molar-refractivity contribution in [2.45, 2.75) is 32.1 Å². The summed E-state index contributed by atoms with van der Waals surface area (Å²) < 4.78 is 33.5. The number of ether oxygens (including phenoxy) is 1. The fraction of sp³-hybridized carbons (Fsp3) is 0.458. The molecule has 1 amide bonds. The van der Waals surface area contributed by atoms with Crippen molar-refractivity contribution in [3.63, 3.8) is 0 Å². The van der Waals surface area contributed by atoms with Crippen LogP contribution in [0.15, 0.2) is 47.4 Å². The molecule has 0 saturated carbocycles. The fourth-order valence-corrected chi connectivity index (χ4v) is 5.25. The number of carbonyl (C=O) groups is 1. The Balaban J connectivity index is 1.72. The number of anilines is 1. The molecule has 0 atom stereocenters. The summed E-state index contributed by atoms with van der Waals surface area (Å²) in [6.07, 6.45) is 0.806. The molecular formula is C24H33N3O4S. The third-order valence-corrected chi connectivity index (χ3v) is 7.37. The molecule has 1 aliphatic rings. The van der Waals surface area contributed by atoms with Crippen LogP contribution in [0.25, 0.3) is 0 Å². The molecule has 2 aromatic rings. The van der Waals surface area contributed by atoms with Crippen LogP contribution in [0.2, 0.25) is 0 Å². The van der Waals surface area contributed by atoms with Crippen molar-refractivity contribution in [3.8, 4) is 0 Å². The van der Waals surface area contributed by atoms with Gasteiger partial charge in [0.1, 0.15) is 6.54 Å². The summed E-state index contributed by atoms with van der Waals surface area (Å²) in [5.74, 6) is -0.317. The van der Waals surface area contributed by atoms with Crippen molar-refractivity contribution in [1.29, 1.82) is 0 Å². The summed E-state index contributed by atoms with van der Waals surface area (Å²) >= 11 is 0. The lowest BCUT2D eigenvalue weighted by Crippen LogP contribution is -2.42. The molecule has 3 rings (SSSR count). The topological polar surface area (TPSA) is 79.0 Å². The van der Waals surface area contributed by atoms with Gasteiger partial charge in [-0.3, -0.25) is 14.0 Å². The normalized spacial score (nSPS) is 14.8. The Kier molecular flexibility index (Phi) is 8.28. The highest BCUT2D eigenvalue weighted by molar-refractivity contribution is 7.92. The van der Waals surface area contributed by atoms with Gasteiger partial charge >= 0.3 is 0 Å². The predicted octanol–water partition coefficient (Wildman–Crippen LogP) is 2.65. The molecule has 0 aromatic heterocycles. The van der Waals surface area contributed by atoms with Crippen molar-refractivity contribution in [2.75, 3.05) is 50.2 Å². The van der Waals surface area contributed by atoms with Crippen molar-refractivity contribution < 1.29 is 17.9 Å². The average Bonchev–Trinajstić information content (AvgIpc) is 2.76. The van der Waals surface area contributed by atoms with Crippen LogP contribution in [0.1, 0.15) is 23.1 Å². The van der Waals surface area contributed by atoms with Crippen LogP contribution < -0.4 is 9.62 Å². The first kappa shape index (κ1) is 24.2. The standard InChI is InChI=1S/C24H33N3O4S/c1-19-5-8-22(9-6-19)32(29,30)27(23-10-7-20(2)17-21(23)3)18-24(28)25-11-4-12-26-13-15-31-16-14-26/h5-10,17H,4,11-16,18H2,1-3H3,(H,25,28). The van der Waals surface area contributed by atoms with Crippen LogP contribution in [-0.2, 0) is 19.6 Å². The molecule has 0 radical (unpaired) electrons. The monoisotopic (exact) mass is 459 g/mol. The van der Waals surface area contributed by atoms with Crippen molar-refractivity contribution in [2.24, 2.45) is 0 Å². The Morgan fingerprint density at radius 3 is 2.34 bits per heavy atom. The molecule has 1 saturated heterocycles. The molecule has 0 aliphatic carbocycles. The Morgan fingerprint density at radius 2 is 1.69 bits per heavy atom. The molecule has 174 valence electrons. The number of carbonyl (C=O) groups excluding carboxylic acids is 1. The van der Waals surface area contributed by atoms with Gasteiger partial charge < -0.3 is 10.1 Å². The number of hydrogen-bond donors (Lipinski definition) is 1. The van der Waals surface area contributed by atoms with Gasteiger partial charge in [-0.1, -0.05) is 35.4 Å². The first-order valence-corrected chi connectivity index (χ1v) is 12.4. The van der Waals surface area contributed by atoms with Crippen molar-refractivity contribution >= 4 is 21.6 Å². The predicted molar refractivity (Wildman–Crippen MR) is 127 cm³/mol. The van der Waals surface area contributed by atoms with E-state index in [1.165, 1.54) is 4.31 Å². The van der Waals surface area contributed by atoms with E-state index in [-0.39, 0.29) is 17.3 Å². The van der Waals surface area contributed by atoms with Crippen LogP contribution in [0, 0.1) is 20.8 Å². The smallest absolute Gasteiger partial charge is 0.264 e. The van der Waals surface area contributed by atoms with Crippen LogP contribution in [-0.4, -0.2) is 65.2 Å². The van der Waals surface area contributed by atoms with Gasteiger partial charge in [0.05, 0.1) is 23.8 Å². The van der Waals surface area contributed by atoms with Gasteiger partial charge in [-0.25, -0.2) is 8.42 Å². The molecule has 1 heterocycles. The minimum atomic E-state index is -3.90. The van der Waals surface area contributed by atoms with Gasteiger partial charge in [0.2, 0.25) is 5.91 Å². The Morgan fingerprint density at radius 1 is 1.03 bits per heavy atom. The van der Waals surface area contributed by atoms with Crippen LogP contribution in [0.4, 0.5) is 5.69 Å². The van der Waals surface area contributed by atoms with Gasteiger partial charge in [0, 0.05) is 19.6 Å². The van der Waals surface area contributed by atoms with Crippen LogP contribution >= 0.6 is 0 Å². The number of rotatable bonds is 9. The summed E-state index contributed by atoms with van der Waals surface area (Å²) in [6, 6.07) is 12.2. The molecule has 8 heteroatoms. The lowest BCUT2D eigenvalue weighted by Gasteiger charge is -2.27. The lowest BCUT2D eigenvalue weighted by atomic mass is 10.1. The summed E-state index contributed by atoms with van der Waals surface area (Å²) in [4.78, 5) is 15.2. The van der Waals surface area contributed by atoms with Crippen LogP contribution in [0.3, 0.4) is 0 Å². The molecule has 0 spiro atoms. The second-order valence-corrected chi connectivity index (χ2v) is 10.1. The Labute approximate surface area is 191 Å². The first-order chi connectivity index (χ1) is 15.3. The fourth-order valence-electron chi connectivity index (χ4n) is 3.76. The number of amides is 1. The second kappa shape index (κ2) is 10.9. The zero-order valence-electron chi connectivity index (χ0n) is 19.1. The van der Waals surface area contributed by atoms with E-state index in [1.807, 2.05) is 32.9 Å². The van der Waals surface area contributed by atoms with E-state index in [1.54, 1.807) is 30.3 Å². The number of nitrogens with zero attached hydrogens (tertiary/aromatic N) is 2. The quantitative estimate of drug-likeness (QED) is 0.584. The average molecular weight is 460 g/mol. The maximum absolute atomic E-state index is 13.5. The molecule has 1 fully saturated rings. The van der Waals surface area contributed by atoms with Gasteiger partial charge in [-0.15, -0.1) is 0 Å². The maximum atomic E-state index is 13.5. The molecule has 7 nitrogen and oxygen atoms in total. The number of aryl methyl sites for hydroxylation is 3. The first-order valence-electron chi connectivity index (χ1n) is 11.0. The number of morpholine rings is 1. The van der Waals surface area contributed by atoms with E-state index in [0.717, 1.165) is 56.0 Å². The third-order valence-electron chi connectivity index (χ3n) is 5.59. The van der Waals surface area contributed by atoms with E-state index in [4.69, 9.17) is 4.74 Å². The summed E-state index contributed by atoms with van der Waals surface area (Å²) in [7, 11) is -3.90.